The topological polar surface area (TPSA) is 81.2 Å². The van der Waals surface area contributed by atoms with Crippen LogP contribution in [0.3, 0.4) is 0 Å². The zero-order valence-electron chi connectivity index (χ0n) is 17.5. The maximum absolute atomic E-state index is 12.7. The van der Waals surface area contributed by atoms with Crippen molar-refractivity contribution in [2.45, 2.75) is 32.2 Å². The Morgan fingerprint density at radius 3 is 2.55 bits per heavy atom. The quantitative estimate of drug-likeness (QED) is 0.620. The minimum absolute atomic E-state index is 0.00536. The highest BCUT2D eigenvalue weighted by molar-refractivity contribution is 5.98. The number of aryl methyl sites for hydroxylation is 1. The summed E-state index contributed by atoms with van der Waals surface area (Å²) in [6.07, 6.45) is 3.56. The van der Waals surface area contributed by atoms with Crippen molar-refractivity contribution in [1.29, 1.82) is 0 Å². The fourth-order valence-corrected chi connectivity index (χ4v) is 3.63. The molecular formula is C25H25N3O3. The molecule has 3 heterocycles. The van der Waals surface area contributed by atoms with Crippen LogP contribution in [-0.4, -0.2) is 40.9 Å². The number of nitrogens with zero attached hydrogens (tertiary/aromatic N) is 2. The number of hydrogen-bond donors (Lipinski definition) is 1. The molecule has 0 saturated carbocycles. The van der Waals surface area contributed by atoms with Crippen LogP contribution in [0.4, 0.5) is 0 Å². The number of rotatable bonds is 6. The predicted molar refractivity (Wildman–Crippen MR) is 118 cm³/mol. The maximum atomic E-state index is 12.7. The molecule has 1 saturated heterocycles. The standard InChI is InChI=1S/C25H25N3O3/c1-17-3-2-4-22(27-17)16-24(29)20-9-12-26-23(15-20)18-5-7-19(8-6-18)25(30)28-21-10-13-31-14-11-21/h2-9,12,15,21H,10-11,13-14,16H2,1H3,(H,28,30). The van der Waals surface area contributed by atoms with Crippen LogP contribution in [0.5, 0.6) is 0 Å². The van der Waals surface area contributed by atoms with Gasteiger partial charge >= 0.3 is 0 Å². The number of ketones is 1. The molecule has 0 spiro atoms. The molecule has 6 heteroatoms. The molecule has 4 rings (SSSR count). The van der Waals surface area contributed by atoms with Crippen LogP contribution >= 0.6 is 0 Å². The molecule has 3 aromatic rings. The molecule has 1 aromatic carbocycles. The molecule has 6 nitrogen and oxygen atoms in total. The molecule has 1 N–H and O–H groups in total. The van der Waals surface area contributed by atoms with Crippen LogP contribution < -0.4 is 5.32 Å². The van der Waals surface area contributed by atoms with Gasteiger partial charge in [0.1, 0.15) is 0 Å². The van der Waals surface area contributed by atoms with Crippen molar-refractivity contribution >= 4 is 11.7 Å². The van der Waals surface area contributed by atoms with Crippen LogP contribution in [0.15, 0.2) is 60.8 Å². The highest BCUT2D eigenvalue weighted by atomic mass is 16.5. The molecule has 0 bridgehead atoms. The largest absolute Gasteiger partial charge is 0.381 e. The van der Waals surface area contributed by atoms with Crippen molar-refractivity contribution in [2.24, 2.45) is 0 Å². The van der Waals surface area contributed by atoms with Crippen molar-refractivity contribution < 1.29 is 14.3 Å². The van der Waals surface area contributed by atoms with Crippen LogP contribution in [0.1, 0.15) is 44.9 Å². The Bertz CT molecular complexity index is 1070. The van der Waals surface area contributed by atoms with Gasteiger partial charge in [0.15, 0.2) is 5.78 Å². The van der Waals surface area contributed by atoms with Gasteiger partial charge in [0.05, 0.1) is 12.1 Å². The van der Waals surface area contributed by atoms with Crippen molar-refractivity contribution in [3.8, 4) is 11.3 Å². The second-order valence-corrected chi connectivity index (χ2v) is 7.74. The van der Waals surface area contributed by atoms with E-state index in [0.717, 1.165) is 29.8 Å². The number of amides is 1. The smallest absolute Gasteiger partial charge is 0.251 e. The Kier molecular flexibility index (Phi) is 6.48. The number of carbonyl (C=O) groups is 2. The third kappa shape index (κ3) is 5.41. The van der Waals surface area contributed by atoms with Gasteiger partial charge in [-0.3, -0.25) is 19.6 Å². The number of aromatic nitrogens is 2. The lowest BCUT2D eigenvalue weighted by atomic mass is 10.0. The summed E-state index contributed by atoms with van der Waals surface area (Å²) < 4.78 is 5.33. The number of benzene rings is 1. The van der Waals surface area contributed by atoms with E-state index in [1.54, 1.807) is 30.5 Å². The van der Waals surface area contributed by atoms with E-state index in [9.17, 15) is 9.59 Å². The average Bonchev–Trinajstić information content (AvgIpc) is 2.80. The summed E-state index contributed by atoms with van der Waals surface area (Å²) in [6, 6.07) is 16.6. The summed E-state index contributed by atoms with van der Waals surface area (Å²) in [4.78, 5) is 34.0. The molecule has 1 amide bonds. The Morgan fingerprint density at radius 1 is 1.03 bits per heavy atom. The van der Waals surface area contributed by atoms with Gasteiger partial charge in [0.2, 0.25) is 0 Å². The second kappa shape index (κ2) is 9.62. The Hall–Kier alpha value is -3.38. The third-order valence-electron chi connectivity index (χ3n) is 5.37. The van der Waals surface area contributed by atoms with Crippen molar-refractivity contribution in [3.05, 3.63) is 83.3 Å². The SMILES string of the molecule is Cc1cccc(CC(=O)c2ccnc(-c3ccc(C(=O)NC4CCOCC4)cc3)c2)n1. The Morgan fingerprint density at radius 2 is 1.81 bits per heavy atom. The van der Waals surface area contributed by atoms with Crippen molar-refractivity contribution in [3.63, 3.8) is 0 Å². The Balaban J connectivity index is 1.44. The molecule has 2 aromatic heterocycles. The number of hydrogen-bond acceptors (Lipinski definition) is 5. The lowest BCUT2D eigenvalue weighted by Gasteiger charge is -2.23. The first-order chi connectivity index (χ1) is 15.1. The summed E-state index contributed by atoms with van der Waals surface area (Å²) in [5.41, 5.74) is 4.39. The van der Waals surface area contributed by atoms with E-state index in [-0.39, 0.29) is 24.2 Å². The molecule has 0 atom stereocenters. The highest BCUT2D eigenvalue weighted by Crippen LogP contribution is 2.20. The molecule has 1 aliphatic rings. The number of pyridine rings is 2. The third-order valence-corrected chi connectivity index (χ3v) is 5.37. The summed E-state index contributed by atoms with van der Waals surface area (Å²) in [6.45, 7) is 3.28. The van der Waals surface area contributed by atoms with E-state index in [4.69, 9.17) is 4.74 Å². The minimum Gasteiger partial charge on any atom is -0.381 e. The van der Waals surface area contributed by atoms with Gasteiger partial charge in [0.25, 0.3) is 5.91 Å². The number of ether oxygens (including phenoxy) is 1. The van der Waals surface area contributed by atoms with Gasteiger partial charge < -0.3 is 10.1 Å². The van der Waals surface area contributed by atoms with E-state index in [1.165, 1.54) is 0 Å². The summed E-state index contributed by atoms with van der Waals surface area (Å²) in [7, 11) is 0. The molecule has 31 heavy (non-hydrogen) atoms. The van der Waals surface area contributed by atoms with Crippen molar-refractivity contribution in [2.75, 3.05) is 13.2 Å². The van der Waals surface area contributed by atoms with Crippen LogP contribution in [0.25, 0.3) is 11.3 Å². The number of nitrogens with one attached hydrogen (secondary N) is 1. The van der Waals surface area contributed by atoms with Crippen molar-refractivity contribution in [1.82, 2.24) is 15.3 Å². The fourth-order valence-electron chi connectivity index (χ4n) is 3.63. The van der Waals surface area contributed by atoms with E-state index in [2.05, 4.69) is 15.3 Å². The summed E-state index contributed by atoms with van der Waals surface area (Å²) in [5.74, 6) is -0.0878. The molecular weight excluding hydrogens is 390 g/mol. The maximum Gasteiger partial charge on any atom is 0.251 e. The highest BCUT2D eigenvalue weighted by Gasteiger charge is 2.17. The van der Waals surface area contributed by atoms with E-state index in [1.807, 2.05) is 37.3 Å². The van der Waals surface area contributed by atoms with E-state index >= 15 is 0 Å². The first-order valence-electron chi connectivity index (χ1n) is 10.5. The second-order valence-electron chi connectivity index (χ2n) is 7.74. The normalized spacial score (nSPS) is 14.2. The van der Waals surface area contributed by atoms with Gasteiger partial charge in [-0.2, -0.15) is 0 Å². The van der Waals surface area contributed by atoms with E-state index < -0.39 is 0 Å². The monoisotopic (exact) mass is 415 g/mol. The van der Waals surface area contributed by atoms with Crippen LogP contribution in [0.2, 0.25) is 0 Å². The molecule has 0 aliphatic carbocycles. The fraction of sp³-hybridized carbons (Fsp3) is 0.280. The van der Waals surface area contributed by atoms with E-state index in [0.29, 0.717) is 30.0 Å². The number of Topliss-reactive ketones (excluding diaryl/α,β-unsaturated/α-hetero) is 1. The summed E-state index contributed by atoms with van der Waals surface area (Å²) in [5, 5.41) is 3.06. The molecule has 1 aliphatic heterocycles. The van der Waals surface area contributed by atoms with Gasteiger partial charge in [-0.25, -0.2) is 0 Å². The first kappa shape index (κ1) is 20.9. The lowest BCUT2D eigenvalue weighted by molar-refractivity contribution is 0.0696. The van der Waals surface area contributed by atoms with Gasteiger partial charge in [-0.15, -0.1) is 0 Å². The van der Waals surface area contributed by atoms with Gasteiger partial charge in [-0.05, 0) is 56.2 Å². The zero-order valence-corrected chi connectivity index (χ0v) is 17.5. The van der Waals surface area contributed by atoms with Crippen LogP contribution in [0, 0.1) is 6.92 Å². The molecule has 0 radical (unpaired) electrons. The molecule has 158 valence electrons. The van der Waals surface area contributed by atoms with Gasteiger partial charge in [0, 0.05) is 53.5 Å². The average molecular weight is 415 g/mol. The minimum atomic E-state index is -0.0824. The van der Waals surface area contributed by atoms with Crippen LogP contribution in [-0.2, 0) is 11.2 Å². The lowest BCUT2D eigenvalue weighted by Crippen LogP contribution is -2.38. The summed E-state index contributed by atoms with van der Waals surface area (Å²) >= 11 is 0. The first-order valence-corrected chi connectivity index (χ1v) is 10.5. The van der Waals surface area contributed by atoms with Gasteiger partial charge in [-0.1, -0.05) is 18.2 Å². The number of carbonyl (C=O) groups excluding carboxylic acids is 2. The molecule has 1 fully saturated rings. The zero-order chi connectivity index (χ0) is 21.6. The molecule has 0 unspecified atom stereocenters. The predicted octanol–water partition coefficient (Wildman–Crippen LogP) is 3.79. The Labute approximate surface area is 181 Å².